The van der Waals surface area contributed by atoms with Gasteiger partial charge in [-0.1, -0.05) is 18.2 Å². The lowest BCUT2D eigenvalue weighted by molar-refractivity contribution is 0.183. The van der Waals surface area contributed by atoms with Crippen LogP contribution in [-0.4, -0.2) is 23.2 Å². The van der Waals surface area contributed by atoms with E-state index in [1.165, 1.54) is 0 Å². The van der Waals surface area contributed by atoms with Crippen molar-refractivity contribution in [3.05, 3.63) is 60.4 Å². The zero-order valence-electron chi connectivity index (χ0n) is 10.5. The molecule has 1 unspecified atom stereocenters. The van der Waals surface area contributed by atoms with Crippen LogP contribution in [-0.2, 0) is 0 Å². The largest absolute Gasteiger partial charge is 0.387 e. The zero-order valence-corrected chi connectivity index (χ0v) is 10.5. The van der Waals surface area contributed by atoms with Crippen LogP contribution in [0.25, 0.3) is 0 Å². The number of benzene rings is 1. The van der Waals surface area contributed by atoms with Gasteiger partial charge in [-0.05, 0) is 36.8 Å². The van der Waals surface area contributed by atoms with Gasteiger partial charge in [0.05, 0.1) is 6.10 Å². The third kappa shape index (κ3) is 3.08. The molecule has 18 heavy (non-hydrogen) atoms. The predicted octanol–water partition coefficient (Wildman–Crippen LogP) is 2.64. The van der Waals surface area contributed by atoms with Crippen LogP contribution in [0.4, 0.5) is 5.69 Å². The maximum Gasteiger partial charge on any atom is 0.0965 e. The standard InChI is InChI=1S/C15H18N2O/c1-2-17(14-6-4-3-5-7-14)12-15(18)13-8-10-16-11-9-13/h3-11,15,18H,2,12H2,1H3. The van der Waals surface area contributed by atoms with Crippen molar-refractivity contribution in [3.8, 4) is 0 Å². The third-order valence-corrected chi connectivity index (χ3v) is 2.99. The maximum absolute atomic E-state index is 10.2. The van der Waals surface area contributed by atoms with Crippen LogP contribution in [0.3, 0.4) is 0 Å². The van der Waals surface area contributed by atoms with Gasteiger partial charge in [-0.15, -0.1) is 0 Å². The SMILES string of the molecule is CCN(CC(O)c1ccncc1)c1ccccc1. The molecule has 1 atom stereocenters. The fourth-order valence-electron chi connectivity index (χ4n) is 1.96. The Bertz CT molecular complexity index is 458. The van der Waals surface area contributed by atoms with Crippen LogP contribution in [0.5, 0.6) is 0 Å². The first-order valence-electron chi connectivity index (χ1n) is 6.19. The molecule has 0 fully saturated rings. The van der Waals surface area contributed by atoms with Crippen LogP contribution in [0.15, 0.2) is 54.9 Å². The van der Waals surface area contributed by atoms with Crippen molar-refractivity contribution in [3.63, 3.8) is 0 Å². The summed E-state index contributed by atoms with van der Waals surface area (Å²) in [5, 5.41) is 10.2. The molecule has 94 valence electrons. The van der Waals surface area contributed by atoms with Gasteiger partial charge in [-0.2, -0.15) is 0 Å². The number of para-hydroxylation sites is 1. The number of pyridine rings is 1. The van der Waals surface area contributed by atoms with Gasteiger partial charge >= 0.3 is 0 Å². The lowest BCUT2D eigenvalue weighted by Gasteiger charge is -2.26. The number of likely N-dealkylation sites (N-methyl/N-ethyl adjacent to an activating group) is 1. The highest BCUT2D eigenvalue weighted by Crippen LogP contribution is 2.18. The molecule has 0 saturated carbocycles. The minimum absolute atomic E-state index is 0.492. The highest BCUT2D eigenvalue weighted by Gasteiger charge is 2.12. The zero-order chi connectivity index (χ0) is 12.8. The van der Waals surface area contributed by atoms with E-state index in [0.29, 0.717) is 6.54 Å². The van der Waals surface area contributed by atoms with Crippen LogP contribution in [0.2, 0.25) is 0 Å². The second-order valence-electron chi connectivity index (χ2n) is 4.17. The summed E-state index contributed by atoms with van der Waals surface area (Å²) in [6, 6.07) is 13.8. The molecule has 0 amide bonds. The van der Waals surface area contributed by atoms with Crippen LogP contribution in [0, 0.1) is 0 Å². The molecule has 0 bridgehead atoms. The quantitative estimate of drug-likeness (QED) is 0.875. The highest BCUT2D eigenvalue weighted by molar-refractivity contribution is 5.46. The van der Waals surface area contributed by atoms with E-state index >= 15 is 0 Å². The van der Waals surface area contributed by atoms with Gasteiger partial charge in [0, 0.05) is 31.2 Å². The second-order valence-corrected chi connectivity index (χ2v) is 4.17. The molecule has 0 radical (unpaired) electrons. The summed E-state index contributed by atoms with van der Waals surface area (Å²) in [4.78, 5) is 6.12. The van der Waals surface area contributed by atoms with E-state index in [1.807, 2.05) is 30.3 Å². The van der Waals surface area contributed by atoms with Gasteiger partial charge in [0.25, 0.3) is 0 Å². The molecule has 1 aromatic carbocycles. The van der Waals surface area contributed by atoms with Gasteiger partial charge in [0.1, 0.15) is 0 Å². The van der Waals surface area contributed by atoms with Crippen molar-refractivity contribution in [2.24, 2.45) is 0 Å². The lowest BCUT2D eigenvalue weighted by Crippen LogP contribution is -2.28. The Hall–Kier alpha value is -1.87. The molecule has 1 N–H and O–H groups in total. The van der Waals surface area contributed by atoms with Gasteiger partial charge in [0.2, 0.25) is 0 Å². The molecule has 3 heteroatoms. The number of hydrogen-bond donors (Lipinski definition) is 1. The van der Waals surface area contributed by atoms with E-state index in [2.05, 4.69) is 28.9 Å². The first-order valence-corrected chi connectivity index (χ1v) is 6.19. The van der Waals surface area contributed by atoms with Crippen LogP contribution >= 0.6 is 0 Å². The smallest absolute Gasteiger partial charge is 0.0965 e. The van der Waals surface area contributed by atoms with E-state index in [-0.39, 0.29) is 0 Å². The number of rotatable bonds is 5. The molecular weight excluding hydrogens is 224 g/mol. The first kappa shape index (κ1) is 12.6. The summed E-state index contributed by atoms with van der Waals surface area (Å²) >= 11 is 0. The molecule has 2 rings (SSSR count). The fourth-order valence-corrected chi connectivity index (χ4v) is 1.96. The van der Waals surface area contributed by atoms with E-state index in [1.54, 1.807) is 12.4 Å². The Morgan fingerprint density at radius 3 is 2.39 bits per heavy atom. The molecule has 3 nitrogen and oxygen atoms in total. The number of nitrogens with zero attached hydrogens (tertiary/aromatic N) is 2. The van der Waals surface area contributed by atoms with E-state index in [4.69, 9.17) is 0 Å². The van der Waals surface area contributed by atoms with E-state index < -0.39 is 6.10 Å². The Kier molecular flexibility index (Phi) is 4.31. The molecule has 0 saturated heterocycles. The Morgan fingerprint density at radius 2 is 1.78 bits per heavy atom. The number of aliphatic hydroxyl groups excluding tert-OH is 1. The summed E-state index contributed by atoms with van der Waals surface area (Å²) in [6.07, 6.45) is 2.92. The second kappa shape index (κ2) is 6.17. The fraction of sp³-hybridized carbons (Fsp3) is 0.267. The van der Waals surface area contributed by atoms with Crippen molar-refractivity contribution in [2.75, 3.05) is 18.0 Å². The number of hydrogen-bond acceptors (Lipinski definition) is 3. The average molecular weight is 242 g/mol. The maximum atomic E-state index is 10.2. The van der Waals surface area contributed by atoms with Gasteiger partial charge < -0.3 is 10.0 Å². The van der Waals surface area contributed by atoms with Crippen LogP contribution < -0.4 is 4.90 Å². The highest BCUT2D eigenvalue weighted by atomic mass is 16.3. The van der Waals surface area contributed by atoms with Gasteiger partial charge in [0.15, 0.2) is 0 Å². The summed E-state index contributed by atoms with van der Waals surface area (Å²) in [5.41, 5.74) is 2.03. The Labute approximate surface area is 108 Å². The average Bonchev–Trinajstić information content (AvgIpc) is 2.46. The van der Waals surface area contributed by atoms with Crippen molar-refractivity contribution in [1.29, 1.82) is 0 Å². The molecule has 1 aromatic heterocycles. The summed E-state index contributed by atoms with van der Waals surface area (Å²) in [5.74, 6) is 0. The monoisotopic (exact) mass is 242 g/mol. The van der Waals surface area contributed by atoms with Crippen molar-refractivity contribution in [1.82, 2.24) is 4.98 Å². The van der Waals surface area contributed by atoms with E-state index in [9.17, 15) is 5.11 Å². The normalized spacial score (nSPS) is 12.1. The minimum atomic E-state index is -0.492. The van der Waals surface area contributed by atoms with E-state index in [0.717, 1.165) is 17.8 Å². The van der Waals surface area contributed by atoms with Crippen molar-refractivity contribution >= 4 is 5.69 Å². The Morgan fingerprint density at radius 1 is 1.11 bits per heavy atom. The van der Waals surface area contributed by atoms with Gasteiger partial charge in [-0.25, -0.2) is 0 Å². The number of anilines is 1. The first-order chi connectivity index (χ1) is 8.81. The Balaban J connectivity index is 2.07. The van der Waals surface area contributed by atoms with Crippen molar-refractivity contribution < 1.29 is 5.11 Å². The molecule has 0 aliphatic rings. The molecule has 0 aliphatic carbocycles. The summed E-state index contributed by atoms with van der Waals surface area (Å²) in [7, 11) is 0. The molecule has 2 aromatic rings. The number of aliphatic hydroxyl groups is 1. The van der Waals surface area contributed by atoms with Crippen molar-refractivity contribution in [2.45, 2.75) is 13.0 Å². The third-order valence-electron chi connectivity index (χ3n) is 2.99. The molecule has 1 heterocycles. The summed E-state index contributed by atoms with van der Waals surface area (Å²) < 4.78 is 0. The summed E-state index contributed by atoms with van der Waals surface area (Å²) in [6.45, 7) is 3.54. The minimum Gasteiger partial charge on any atom is -0.387 e. The molecule has 0 aliphatic heterocycles. The van der Waals surface area contributed by atoms with Gasteiger partial charge in [-0.3, -0.25) is 4.98 Å². The van der Waals surface area contributed by atoms with Crippen LogP contribution in [0.1, 0.15) is 18.6 Å². The number of aromatic nitrogens is 1. The molecular formula is C15H18N2O. The molecule has 0 spiro atoms. The lowest BCUT2D eigenvalue weighted by atomic mass is 10.1. The predicted molar refractivity (Wildman–Crippen MR) is 73.5 cm³/mol. The topological polar surface area (TPSA) is 36.4 Å².